The fourth-order valence-corrected chi connectivity index (χ4v) is 2.11. The number of nitrogens with two attached hydrogens (primary N) is 1. The first-order valence-corrected chi connectivity index (χ1v) is 6.75. The molecule has 4 nitrogen and oxygen atoms in total. The zero-order valence-electron chi connectivity index (χ0n) is 10.3. The van der Waals surface area contributed by atoms with Crippen LogP contribution in [-0.4, -0.2) is 4.98 Å². The molecule has 0 bridgehead atoms. The van der Waals surface area contributed by atoms with E-state index >= 15 is 0 Å². The summed E-state index contributed by atoms with van der Waals surface area (Å²) in [6, 6.07) is 6.65. The van der Waals surface area contributed by atoms with Gasteiger partial charge in [0, 0.05) is 0 Å². The molecule has 0 aliphatic carbocycles. The summed E-state index contributed by atoms with van der Waals surface area (Å²) in [4.78, 5) is 3.92. The van der Waals surface area contributed by atoms with E-state index in [2.05, 4.69) is 31.7 Å². The molecule has 0 radical (unpaired) electrons. The van der Waals surface area contributed by atoms with Gasteiger partial charge in [0.15, 0.2) is 0 Å². The summed E-state index contributed by atoms with van der Waals surface area (Å²) in [6.07, 6.45) is -4.50. The van der Waals surface area contributed by atoms with E-state index in [9.17, 15) is 13.2 Å². The Morgan fingerprint density at radius 1 is 1.19 bits per heavy atom. The third kappa shape index (κ3) is 3.78. The van der Waals surface area contributed by atoms with E-state index in [4.69, 9.17) is 17.4 Å². The van der Waals surface area contributed by atoms with E-state index in [0.717, 1.165) is 12.1 Å². The van der Waals surface area contributed by atoms with Crippen molar-refractivity contribution in [1.82, 2.24) is 4.98 Å². The van der Waals surface area contributed by atoms with Gasteiger partial charge in [-0.2, -0.15) is 13.2 Å². The molecule has 0 atom stereocenters. The molecule has 9 heteroatoms. The zero-order chi connectivity index (χ0) is 15.6. The van der Waals surface area contributed by atoms with E-state index in [1.54, 1.807) is 18.2 Å². The Balaban J connectivity index is 2.42. The molecule has 0 aliphatic heterocycles. The Morgan fingerprint density at radius 3 is 2.48 bits per heavy atom. The summed E-state index contributed by atoms with van der Waals surface area (Å²) in [5, 5.41) is 3.18. The number of alkyl halides is 3. The monoisotopic (exact) mass is 380 g/mol. The van der Waals surface area contributed by atoms with Crippen molar-refractivity contribution in [2.45, 2.75) is 6.18 Å². The second-order valence-electron chi connectivity index (χ2n) is 3.99. The van der Waals surface area contributed by atoms with Crippen LogP contribution in [0.2, 0.25) is 5.02 Å². The predicted molar refractivity (Wildman–Crippen MR) is 79.5 cm³/mol. The van der Waals surface area contributed by atoms with Crippen LogP contribution in [0.5, 0.6) is 0 Å². The maximum absolute atomic E-state index is 12.8. The lowest BCUT2D eigenvalue weighted by Gasteiger charge is -2.13. The largest absolute Gasteiger partial charge is 0.416 e. The fraction of sp³-hybridized carbons (Fsp3) is 0.0833. The van der Waals surface area contributed by atoms with Crippen LogP contribution < -0.4 is 16.6 Å². The Bertz CT molecular complexity index is 663. The number of nitrogens with zero attached hydrogens (tertiary/aromatic N) is 1. The highest BCUT2D eigenvalue weighted by molar-refractivity contribution is 9.10. The number of hydrazine groups is 1. The van der Waals surface area contributed by atoms with Crippen LogP contribution in [-0.2, 0) is 6.18 Å². The van der Waals surface area contributed by atoms with Crippen LogP contribution in [0.3, 0.4) is 0 Å². The molecule has 112 valence electrons. The van der Waals surface area contributed by atoms with Gasteiger partial charge in [-0.05, 0) is 40.2 Å². The van der Waals surface area contributed by atoms with Crippen molar-refractivity contribution in [3.63, 3.8) is 0 Å². The number of nitrogens with one attached hydrogen (secondary N) is 2. The predicted octanol–water partition coefficient (Wildman–Crippen LogP) is 4.55. The Hall–Kier alpha value is -1.51. The lowest BCUT2D eigenvalue weighted by atomic mass is 10.2. The highest BCUT2D eigenvalue weighted by atomic mass is 79.9. The summed E-state index contributed by atoms with van der Waals surface area (Å²) in [6.45, 7) is 0. The van der Waals surface area contributed by atoms with E-state index < -0.39 is 11.7 Å². The molecule has 1 heterocycles. The molecule has 4 N–H and O–H groups in total. The molecule has 0 aliphatic rings. The molecular weight excluding hydrogens is 373 g/mol. The van der Waals surface area contributed by atoms with Gasteiger partial charge in [-0.15, -0.1) is 0 Å². The lowest BCUT2D eigenvalue weighted by Crippen LogP contribution is -2.13. The van der Waals surface area contributed by atoms with Gasteiger partial charge in [0.2, 0.25) is 0 Å². The maximum atomic E-state index is 12.8. The fourth-order valence-electron chi connectivity index (χ4n) is 1.57. The summed E-state index contributed by atoms with van der Waals surface area (Å²) in [5.74, 6) is 5.02. The minimum Gasteiger partial charge on any atom is -0.339 e. The van der Waals surface area contributed by atoms with E-state index in [-0.39, 0.29) is 11.6 Å². The second-order valence-corrected chi connectivity index (χ2v) is 5.19. The van der Waals surface area contributed by atoms with Gasteiger partial charge in [0.05, 0.1) is 20.7 Å². The van der Waals surface area contributed by atoms with Crippen molar-refractivity contribution in [3.8, 4) is 0 Å². The molecular formula is C12H9BrClF3N4. The highest BCUT2D eigenvalue weighted by Gasteiger charge is 2.31. The Labute approximate surface area is 131 Å². The number of aromatic nitrogens is 1. The van der Waals surface area contributed by atoms with Crippen LogP contribution in [0.15, 0.2) is 34.8 Å². The zero-order valence-corrected chi connectivity index (χ0v) is 12.6. The molecule has 2 aromatic rings. The average Bonchev–Trinajstić information content (AvgIpc) is 2.42. The quantitative estimate of drug-likeness (QED) is 0.539. The van der Waals surface area contributed by atoms with Gasteiger partial charge in [-0.1, -0.05) is 17.7 Å². The van der Waals surface area contributed by atoms with Gasteiger partial charge in [0.25, 0.3) is 0 Å². The molecule has 0 amide bonds. The summed E-state index contributed by atoms with van der Waals surface area (Å²) in [5.41, 5.74) is 1.72. The second kappa shape index (κ2) is 6.08. The SMILES string of the molecule is NNc1cc(C(F)(F)F)cc(Nc2cccc(Cl)c2Br)n1. The standard InChI is InChI=1S/C12H9BrClF3N4/c13-11-7(14)2-1-3-8(11)19-9-4-6(12(15,16)17)5-10(20-9)21-18/h1-5H,18H2,(H2,19,20,21). The molecule has 0 unspecified atom stereocenters. The number of anilines is 3. The van der Waals surface area contributed by atoms with Crippen LogP contribution in [0, 0.1) is 0 Å². The van der Waals surface area contributed by atoms with Crippen LogP contribution in [0.25, 0.3) is 0 Å². The number of benzene rings is 1. The first-order valence-electron chi connectivity index (χ1n) is 5.58. The van der Waals surface area contributed by atoms with Gasteiger partial charge < -0.3 is 10.7 Å². The number of hydrogen-bond donors (Lipinski definition) is 3. The van der Waals surface area contributed by atoms with Crippen molar-refractivity contribution in [3.05, 3.63) is 45.4 Å². The van der Waals surface area contributed by atoms with Crippen molar-refractivity contribution in [2.24, 2.45) is 5.84 Å². The molecule has 21 heavy (non-hydrogen) atoms. The summed E-state index contributed by atoms with van der Waals surface area (Å²) >= 11 is 9.17. The molecule has 0 saturated carbocycles. The smallest absolute Gasteiger partial charge is 0.339 e. The van der Waals surface area contributed by atoms with Crippen molar-refractivity contribution < 1.29 is 13.2 Å². The first kappa shape index (κ1) is 15.9. The number of pyridine rings is 1. The first-order chi connectivity index (χ1) is 9.81. The molecule has 0 fully saturated rings. The third-order valence-electron chi connectivity index (χ3n) is 2.51. The van der Waals surface area contributed by atoms with E-state index in [1.807, 2.05) is 0 Å². The van der Waals surface area contributed by atoms with Crippen LogP contribution >= 0.6 is 27.5 Å². The van der Waals surface area contributed by atoms with Crippen LogP contribution in [0.4, 0.5) is 30.5 Å². The topological polar surface area (TPSA) is 63.0 Å². The normalized spacial score (nSPS) is 11.3. The minimum atomic E-state index is -4.50. The molecule has 1 aromatic carbocycles. The van der Waals surface area contributed by atoms with Crippen LogP contribution in [0.1, 0.15) is 5.56 Å². The van der Waals surface area contributed by atoms with E-state index in [0.29, 0.717) is 15.2 Å². The lowest BCUT2D eigenvalue weighted by molar-refractivity contribution is -0.137. The van der Waals surface area contributed by atoms with Gasteiger partial charge in [-0.25, -0.2) is 10.8 Å². The number of nitrogen functional groups attached to an aromatic ring is 1. The number of halogens is 5. The highest BCUT2D eigenvalue weighted by Crippen LogP contribution is 2.35. The van der Waals surface area contributed by atoms with Gasteiger partial charge in [-0.3, -0.25) is 0 Å². The summed E-state index contributed by atoms with van der Waals surface area (Å²) < 4.78 is 39.0. The average molecular weight is 382 g/mol. The van der Waals surface area contributed by atoms with Gasteiger partial charge >= 0.3 is 6.18 Å². The maximum Gasteiger partial charge on any atom is 0.416 e. The van der Waals surface area contributed by atoms with Crippen molar-refractivity contribution >= 4 is 44.9 Å². The van der Waals surface area contributed by atoms with Gasteiger partial charge in [0.1, 0.15) is 11.6 Å². The Kier molecular flexibility index (Phi) is 4.60. The summed E-state index contributed by atoms with van der Waals surface area (Å²) in [7, 11) is 0. The van der Waals surface area contributed by atoms with Crippen molar-refractivity contribution in [2.75, 3.05) is 10.7 Å². The number of hydrogen-bond acceptors (Lipinski definition) is 4. The Morgan fingerprint density at radius 2 is 1.86 bits per heavy atom. The molecule has 1 aromatic heterocycles. The third-order valence-corrected chi connectivity index (χ3v) is 3.91. The number of rotatable bonds is 3. The van der Waals surface area contributed by atoms with Crippen molar-refractivity contribution in [1.29, 1.82) is 0 Å². The minimum absolute atomic E-state index is 0.0132. The molecule has 0 spiro atoms. The molecule has 0 saturated heterocycles. The van der Waals surface area contributed by atoms with E-state index in [1.165, 1.54) is 0 Å². The molecule has 2 rings (SSSR count).